The van der Waals surface area contributed by atoms with Crippen LogP contribution in [0.25, 0.3) is 0 Å². The SMILES string of the molecule is Cc1cc(F)c(C(=O)N2CCC(CN)CC2)cc1F. The zero-order chi connectivity index (χ0) is 14.0. The van der Waals surface area contributed by atoms with Crippen molar-refractivity contribution in [3.63, 3.8) is 0 Å². The molecule has 0 radical (unpaired) electrons. The number of likely N-dealkylation sites (tertiary alicyclic amines) is 1. The van der Waals surface area contributed by atoms with Crippen molar-refractivity contribution in [2.45, 2.75) is 19.8 Å². The van der Waals surface area contributed by atoms with Crippen LogP contribution in [0.5, 0.6) is 0 Å². The minimum atomic E-state index is -0.662. The number of benzene rings is 1. The lowest BCUT2D eigenvalue weighted by atomic mass is 9.96. The van der Waals surface area contributed by atoms with Gasteiger partial charge >= 0.3 is 0 Å². The number of nitrogens with two attached hydrogens (primary N) is 1. The highest BCUT2D eigenvalue weighted by Crippen LogP contribution is 2.21. The molecule has 104 valence electrons. The fraction of sp³-hybridized carbons (Fsp3) is 0.500. The van der Waals surface area contributed by atoms with E-state index < -0.39 is 17.5 Å². The second-order valence-electron chi connectivity index (χ2n) is 5.05. The highest BCUT2D eigenvalue weighted by atomic mass is 19.1. The molecule has 0 saturated carbocycles. The molecule has 0 aromatic heterocycles. The molecule has 0 aliphatic carbocycles. The lowest BCUT2D eigenvalue weighted by molar-refractivity contribution is 0.0688. The van der Waals surface area contributed by atoms with E-state index in [1.54, 1.807) is 4.90 Å². The zero-order valence-corrected chi connectivity index (χ0v) is 11.0. The number of hydrogen-bond donors (Lipinski definition) is 1. The highest BCUT2D eigenvalue weighted by Gasteiger charge is 2.25. The number of piperidine rings is 1. The first-order valence-corrected chi connectivity index (χ1v) is 6.48. The quantitative estimate of drug-likeness (QED) is 0.892. The third-order valence-corrected chi connectivity index (χ3v) is 3.71. The Hall–Kier alpha value is -1.49. The molecule has 0 bridgehead atoms. The number of halogens is 2. The Labute approximate surface area is 111 Å². The number of nitrogens with zero attached hydrogens (tertiary/aromatic N) is 1. The first-order chi connectivity index (χ1) is 9.02. The zero-order valence-electron chi connectivity index (χ0n) is 11.0. The molecular formula is C14H18F2N2O. The first kappa shape index (κ1) is 13.9. The topological polar surface area (TPSA) is 46.3 Å². The maximum absolute atomic E-state index is 13.7. The van der Waals surface area contributed by atoms with E-state index in [0.29, 0.717) is 25.6 Å². The summed E-state index contributed by atoms with van der Waals surface area (Å²) in [5, 5.41) is 0. The van der Waals surface area contributed by atoms with Gasteiger partial charge in [0, 0.05) is 13.1 Å². The largest absolute Gasteiger partial charge is 0.339 e. The predicted octanol–water partition coefficient (Wildman–Crippen LogP) is 2.08. The standard InChI is InChI=1S/C14H18F2N2O/c1-9-6-13(16)11(7-12(9)15)14(19)18-4-2-10(8-17)3-5-18/h6-7,10H,2-5,8,17H2,1H3. The molecule has 1 aromatic rings. The molecule has 1 aromatic carbocycles. The molecular weight excluding hydrogens is 250 g/mol. The molecule has 0 atom stereocenters. The number of aryl methyl sites for hydroxylation is 1. The summed E-state index contributed by atoms with van der Waals surface area (Å²) in [7, 11) is 0. The molecule has 5 heteroatoms. The van der Waals surface area contributed by atoms with E-state index in [4.69, 9.17) is 5.73 Å². The summed E-state index contributed by atoms with van der Waals surface area (Å²) in [6.07, 6.45) is 1.64. The summed E-state index contributed by atoms with van der Waals surface area (Å²) in [5.74, 6) is -1.23. The maximum Gasteiger partial charge on any atom is 0.256 e. The van der Waals surface area contributed by atoms with Crippen LogP contribution >= 0.6 is 0 Å². The van der Waals surface area contributed by atoms with Crippen molar-refractivity contribution in [1.29, 1.82) is 0 Å². The number of carbonyl (C=O) groups excluding carboxylic acids is 1. The number of hydrogen-bond acceptors (Lipinski definition) is 2. The second-order valence-corrected chi connectivity index (χ2v) is 5.05. The van der Waals surface area contributed by atoms with Crippen molar-refractivity contribution in [1.82, 2.24) is 4.90 Å². The molecule has 19 heavy (non-hydrogen) atoms. The van der Waals surface area contributed by atoms with Crippen molar-refractivity contribution >= 4 is 5.91 Å². The fourth-order valence-corrected chi connectivity index (χ4v) is 2.35. The number of amides is 1. The molecule has 1 amide bonds. The summed E-state index contributed by atoms with van der Waals surface area (Å²) in [5.41, 5.74) is 5.60. The van der Waals surface area contributed by atoms with Crippen LogP contribution in [0.2, 0.25) is 0 Å². The Morgan fingerprint density at radius 1 is 1.32 bits per heavy atom. The van der Waals surface area contributed by atoms with Crippen LogP contribution < -0.4 is 5.73 Å². The second kappa shape index (κ2) is 5.65. The Bertz CT molecular complexity index is 483. The smallest absolute Gasteiger partial charge is 0.256 e. The summed E-state index contributed by atoms with van der Waals surface area (Å²) >= 11 is 0. The van der Waals surface area contributed by atoms with Gasteiger partial charge in [-0.2, -0.15) is 0 Å². The van der Waals surface area contributed by atoms with E-state index in [2.05, 4.69) is 0 Å². The Morgan fingerprint density at radius 2 is 1.95 bits per heavy atom. The van der Waals surface area contributed by atoms with Crippen LogP contribution in [0.4, 0.5) is 8.78 Å². The van der Waals surface area contributed by atoms with Gasteiger partial charge < -0.3 is 10.6 Å². The Morgan fingerprint density at radius 3 is 2.53 bits per heavy atom. The molecule has 1 aliphatic rings. The van der Waals surface area contributed by atoms with Crippen LogP contribution in [-0.2, 0) is 0 Å². The van der Waals surface area contributed by atoms with Crippen molar-refractivity contribution < 1.29 is 13.6 Å². The summed E-state index contributed by atoms with van der Waals surface area (Å²) in [6.45, 7) is 3.18. The van der Waals surface area contributed by atoms with E-state index in [0.717, 1.165) is 25.0 Å². The van der Waals surface area contributed by atoms with E-state index in [9.17, 15) is 13.6 Å². The normalized spacial score (nSPS) is 16.7. The molecule has 2 N–H and O–H groups in total. The van der Waals surface area contributed by atoms with E-state index >= 15 is 0 Å². The molecule has 1 aliphatic heterocycles. The maximum atomic E-state index is 13.7. The van der Waals surface area contributed by atoms with Gasteiger partial charge in [-0.25, -0.2) is 8.78 Å². The molecule has 3 nitrogen and oxygen atoms in total. The van der Waals surface area contributed by atoms with Gasteiger partial charge in [0.15, 0.2) is 0 Å². The molecule has 0 spiro atoms. The summed E-state index contributed by atoms with van der Waals surface area (Å²) < 4.78 is 27.2. The minimum absolute atomic E-state index is 0.186. The van der Waals surface area contributed by atoms with Gasteiger partial charge in [0.1, 0.15) is 11.6 Å². The van der Waals surface area contributed by atoms with Gasteiger partial charge in [-0.3, -0.25) is 4.79 Å². The third-order valence-electron chi connectivity index (χ3n) is 3.71. The average Bonchev–Trinajstić information content (AvgIpc) is 2.42. The van der Waals surface area contributed by atoms with Crippen LogP contribution in [0.3, 0.4) is 0 Å². The van der Waals surface area contributed by atoms with Crippen LogP contribution in [0.1, 0.15) is 28.8 Å². The van der Waals surface area contributed by atoms with Crippen LogP contribution in [-0.4, -0.2) is 30.4 Å². The van der Waals surface area contributed by atoms with Gasteiger partial charge in [0.05, 0.1) is 5.56 Å². The Balaban J connectivity index is 2.14. The van der Waals surface area contributed by atoms with Gasteiger partial charge in [-0.05, 0) is 49.9 Å². The molecule has 0 unspecified atom stereocenters. The van der Waals surface area contributed by atoms with Gasteiger partial charge in [-0.1, -0.05) is 0 Å². The summed E-state index contributed by atoms with van der Waals surface area (Å²) in [4.78, 5) is 13.7. The van der Waals surface area contributed by atoms with E-state index in [1.807, 2.05) is 0 Å². The van der Waals surface area contributed by atoms with Crippen molar-refractivity contribution in [2.24, 2.45) is 11.7 Å². The first-order valence-electron chi connectivity index (χ1n) is 6.48. The molecule has 2 rings (SSSR count). The lowest BCUT2D eigenvalue weighted by Gasteiger charge is -2.31. The van der Waals surface area contributed by atoms with Crippen LogP contribution in [0.15, 0.2) is 12.1 Å². The average molecular weight is 268 g/mol. The molecule has 1 heterocycles. The van der Waals surface area contributed by atoms with Gasteiger partial charge in [0.2, 0.25) is 0 Å². The lowest BCUT2D eigenvalue weighted by Crippen LogP contribution is -2.40. The Kier molecular flexibility index (Phi) is 4.14. The van der Waals surface area contributed by atoms with Crippen molar-refractivity contribution in [3.8, 4) is 0 Å². The molecule has 1 fully saturated rings. The highest BCUT2D eigenvalue weighted by molar-refractivity contribution is 5.94. The predicted molar refractivity (Wildman–Crippen MR) is 68.8 cm³/mol. The van der Waals surface area contributed by atoms with Crippen LogP contribution in [0, 0.1) is 24.5 Å². The summed E-state index contributed by atoms with van der Waals surface area (Å²) in [6, 6.07) is 2.05. The van der Waals surface area contributed by atoms with Gasteiger partial charge in [0.25, 0.3) is 5.91 Å². The number of carbonyl (C=O) groups is 1. The van der Waals surface area contributed by atoms with E-state index in [1.165, 1.54) is 6.92 Å². The third kappa shape index (κ3) is 2.92. The van der Waals surface area contributed by atoms with E-state index in [-0.39, 0.29) is 11.1 Å². The van der Waals surface area contributed by atoms with Crippen molar-refractivity contribution in [3.05, 3.63) is 34.9 Å². The fourth-order valence-electron chi connectivity index (χ4n) is 2.35. The number of rotatable bonds is 2. The van der Waals surface area contributed by atoms with Gasteiger partial charge in [-0.15, -0.1) is 0 Å². The van der Waals surface area contributed by atoms with Crippen molar-refractivity contribution in [2.75, 3.05) is 19.6 Å². The minimum Gasteiger partial charge on any atom is -0.339 e. The monoisotopic (exact) mass is 268 g/mol. The molecule has 1 saturated heterocycles.